The molecule has 1 unspecified atom stereocenters. The van der Waals surface area contributed by atoms with Crippen molar-refractivity contribution in [1.82, 2.24) is 14.9 Å². The molecule has 0 bridgehead atoms. The topological polar surface area (TPSA) is 50.3 Å². The second-order valence-corrected chi connectivity index (χ2v) is 7.27. The molecule has 2 heterocycles. The van der Waals surface area contributed by atoms with Crippen LogP contribution in [0.5, 0.6) is 5.75 Å². The van der Waals surface area contributed by atoms with Crippen LogP contribution in [0.4, 0.5) is 10.2 Å². The number of nitrogens with one attached hydrogen (secondary N) is 1. The van der Waals surface area contributed by atoms with Gasteiger partial charge in [0.05, 0.1) is 12.6 Å². The van der Waals surface area contributed by atoms with Gasteiger partial charge in [-0.1, -0.05) is 12.8 Å². The quantitative estimate of drug-likeness (QED) is 0.900. The van der Waals surface area contributed by atoms with Crippen LogP contribution in [0.2, 0.25) is 0 Å². The molecule has 0 amide bonds. The highest BCUT2D eigenvalue weighted by Gasteiger charge is 2.26. The van der Waals surface area contributed by atoms with Crippen molar-refractivity contribution in [3.05, 3.63) is 24.3 Å². The van der Waals surface area contributed by atoms with Crippen molar-refractivity contribution in [2.24, 2.45) is 5.92 Å². The zero-order chi connectivity index (χ0) is 17.2. The first-order valence-corrected chi connectivity index (χ1v) is 9.20. The Kier molecular flexibility index (Phi) is 4.70. The van der Waals surface area contributed by atoms with Crippen molar-refractivity contribution in [3.63, 3.8) is 0 Å². The molecule has 1 atom stereocenters. The Morgan fingerprint density at radius 1 is 1.24 bits per heavy atom. The highest BCUT2D eigenvalue weighted by Crippen LogP contribution is 2.29. The molecule has 1 saturated carbocycles. The second kappa shape index (κ2) is 7.12. The number of nitrogens with zero attached hydrogens (tertiary/aromatic N) is 3. The number of benzene rings is 1. The Bertz CT molecular complexity index is 748. The largest absolute Gasteiger partial charge is 0.494 e. The van der Waals surface area contributed by atoms with Crippen molar-refractivity contribution in [1.29, 1.82) is 0 Å². The van der Waals surface area contributed by atoms with Crippen LogP contribution in [0.1, 0.15) is 32.1 Å². The molecule has 4 rings (SSSR count). The molecule has 2 aromatic rings. The SMILES string of the molecule is COc1cc2c(NC3CCN(CC4CCCC4)C3)ncnc2cc1F. The summed E-state index contributed by atoms with van der Waals surface area (Å²) < 4.78 is 19.0. The van der Waals surface area contributed by atoms with Gasteiger partial charge in [-0.05, 0) is 31.2 Å². The minimum absolute atomic E-state index is 0.222. The van der Waals surface area contributed by atoms with Gasteiger partial charge in [0.2, 0.25) is 0 Å². The molecular formula is C19H25FN4O. The van der Waals surface area contributed by atoms with Crippen LogP contribution >= 0.6 is 0 Å². The molecule has 134 valence electrons. The summed E-state index contributed by atoms with van der Waals surface area (Å²) in [6.45, 7) is 3.40. The van der Waals surface area contributed by atoms with Crippen LogP contribution in [-0.4, -0.2) is 47.7 Å². The minimum atomic E-state index is -0.400. The van der Waals surface area contributed by atoms with Gasteiger partial charge in [-0.2, -0.15) is 0 Å². The second-order valence-electron chi connectivity index (χ2n) is 7.27. The monoisotopic (exact) mass is 344 g/mol. The molecule has 1 aromatic heterocycles. The number of halogens is 1. The number of fused-ring (bicyclic) bond motifs is 1. The van der Waals surface area contributed by atoms with Gasteiger partial charge < -0.3 is 15.0 Å². The highest BCUT2D eigenvalue weighted by atomic mass is 19.1. The van der Waals surface area contributed by atoms with Gasteiger partial charge >= 0.3 is 0 Å². The first kappa shape index (κ1) is 16.5. The van der Waals surface area contributed by atoms with E-state index in [2.05, 4.69) is 20.2 Å². The van der Waals surface area contributed by atoms with Crippen molar-refractivity contribution in [3.8, 4) is 5.75 Å². The molecule has 25 heavy (non-hydrogen) atoms. The zero-order valence-corrected chi connectivity index (χ0v) is 14.7. The number of likely N-dealkylation sites (tertiary alicyclic amines) is 1. The normalized spacial score (nSPS) is 21.9. The summed E-state index contributed by atoms with van der Waals surface area (Å²) in [6, 6.07) is 3.45. The number of ether oxygens (including phenoxy) is 1. The van der Waals surface area contributed by atoms with E-state index in [4.69, 9.17) is 4.74 Å². The third kappa shape index (κ3) is 3.54. The molecule has 5 nitrogen and oxygen atoms in total. The Labute approximate surface area is 147 Å². The van der Waals surface area contributed by atoms with Crippen LogP contribution in [0, 0.1) is 11.7 Å². The van der Waals surface area contributed by atoms with Crippen LogP contribution in [0.15, 0.2) is 18.5 Å². The van der Waals surface area contributed by atoms with Gasteiger partial charge in [0.1, 0.15) is 12.1 Å². The summed E-state index contributed by atoms with van der Waals surface area (Å²) in [5, 5.41) is 4.34. The summed E-state index contributed by atoms with van der Waals surface area (Å²) >= 11 is 0. The Balaban J connectivity index is 1.47. The summed E-state index contributed by atoms with van der Waals surface area (Å²) in [5.74, 6) is 1.46. The lowest BCUT2D eigenvalue weighted by atomic mass is 10.1. The van der Waals surface area contributed by atoms with Crippen LogP contribution in [-0.2, 0) is 0 Å². The lowest BCUT2D eigenvalue weighted by molar-refractivity contribution is 0.278. The van der Waals surface area contributed by atoms with Crippen LogP contribution < -0.4 is 10.1 Å². The van der Waals surface area contributed by atoms with E-state index in [1.165, 1.54) is 51.7 Å². The molecule has 1 aromatic carbocycles. The molecule has 0 radical (unpaired) electrons. The Morgan fingerprint density at radius 2 is 2.08 bits per heavy atom. The minimum Gasteiger partial charge on any atom is -0.494 e. The van der Waals surface area contributed by atoms with Gasteiger partial charge in [0.15, 0.2) is 11.6 Å². The smallest absolute Gasteiger partial charge is 0.167 e. The Morgan fingerprint density at radius 3 is 2.88 bits per heavy atom. The van der Waals surface area contributed by atoms with Crippen molar-refractivity contribution in [2.45, 2.75) is 38.1 Å². The maximum atomic E-state index is 13.9. The summed E-state index contributed by atoms with van der Waals surface area (Å²) in [5.41, 5.74) is 0.594. The molecule has 2 aliphatic rings. The van der Waals surface area contributed by atoms with Gasteiger partial charge in [-0.3, -0.25) is 0 Å². The van der Waals surface area contributed by atoms with Gasteiger partial charge in [0.25, 0.3) is 0 Å². The number of methoxy groups -OCH3 is 1. The van der Waals surface area contributed by atoms with Gasteiger partial charge in [0, 0.05) is 37.1 Å². The number of aromatic nitrogens is 2. The first-order chi connectivity index (χ1) is 12.2. The number of rotatable bonds is 5. The van der Waals surface area contributed by atoms with E-state index < -0.39 is 5.82 Å². The zero-order valence-electron chi connectivity index (χ0n) is 14.7. The third-order valence-corrected chi connectivity index (χ3v) is 5.51. The fourth-order valence-corrected chi connectivity index (χ4v) is 4.20. The van der Waals surface area contributed by atoms with Crippen molar-refractivity contribution < 1.29 is 9.13 Å². The average Bonchev–Trinajstić information content (AvgIpc) is 3.27. The fourth-order valence-electron chi connectivity index (χ4n) is 4.20. The molecule has 6 heteroatoms. The van der Waals surface area contributed by atoms with Gasteiger partial charge in [-0.25, -0.2) is 14.4 Å². The summed E-state index contributed by atoms with van der Waals surface area (Å²) in [4.78, 5) is 11.1. The van der Waals surface area contributed by atoms with E-state index in [0.29, 0.717) is 11.6 Å². The lowest BCUT2D eigenvalue weighted by Crippen LogP contribution is -2.30. The third-order valence-electron chi connectivity index (χ3n) is 5.51. The molecule has 1 aliphatic carbocycles. The highest BCUT2D eigenvalue weighted by molar-refractivity contribution is 5.90. The first-order valence-electron chi connectivity index (χ1n) is 9.20. The maximum absolute atomic E-state index is 13.9. The number of hydrogen-bond donors (Lipinski definition) is 1. The summed E-state index contributed by atoms with van der Waals surface area (Å²) in [7, 11) is 1.47. The number of anilines is 1. The fraction of sp³-hybridized carbons (Fsp3) is 0.579. The predicted molar refractivity (Wildman–Crippen MR) is 96.5 cm³/mol. The molecule has 0 spiro atoms. The van der Waals surface area contributed by atoms with E-state index in [1.807, 2.05) is 0 Å². The molecular weight excluding hydrogens is 319 g/mol. The Hall–Kier alpha value is -1.95. The van der Waals surface area contributed by atoms with E-state index in [1.54, 1.807) is 6.07 Å². The predicted octanol–water partition coefficient (Wildman–Crippen LogP) is 3.45. The van der Waals surface area contributed by atoms with Crippen LogP contribution in [0.3, 0.4) is 0 Å². The van der Waals surface area contributed by atoms with E-state index in [0.717, 1.165) is 36.6 Å². The van der Waals surface area contributed by atoms with Crippen LogP contribution in [0.25, 0.3) is 10.9 Å². The van der Waals surface area contributed by atoms with E-state index >= 15 is 0 Å². The summed E-state index contributed by atoms with van der Waals surface area (Å²) in [6.07, 6.45) is 8.16. The number of hydrogen-bond acceptors (Lipinski definition) is 5. The van der Waals surface area contributed by atoms with Crippen molar-refractivity contribution in [2.75, 3.05) is 32.1 Å². The molecule has 1 aliphatic heterocycles. The lowest BCUT2D eigenvalue weighted by Gasteiger charge is -2.20. The average molecular weight is 344 g/mol. The van der Waals surface area contributed by atoms with E-state index in [9.17, 15) is 4.39 Å². The van der Waals surface area contributed by atoms with Crippen molar-refractivity contribution >= 4 is 16.7 Å². The van der Waals surface area contributed by atoms with Gasteiger partial charge in [-0.15, -0.1) is 0 Å². The maximum Gasteiger partial charge on any atom is 0.167 e. The standard InChI is InChI=1S/C19H25FN4O/c1-25-18-8-15-17(9-16(18)20)21-12-22-19(15)23-14-6-7-24(11-14)10-13-4-2-3-5-13/h8-9,12-14H,2-7,10-11H2,1H3,(H,21,22,23). The molecule has 1 saturated heterocycles. The molecule has 2 fully saturated rings. The van der Waals surface area contributed by atoms with E-state index in [-0.39, 0.29) is 5.75 Å². The molecule has 1 N–H and O–H groups in total.